The van der Waals surface area contributed by atoms with Gasteiger partial charge in [0.25, 0.3) is 0 Å². The standard InChI is InChI=1S/C16H17F2NO2S/c1-2-19(11-14-4-3-9-22-14)15(20)10-12-5-7-13(8-6-12)21-16(17)18/h3-9,16H,2,10-11H2,1H3. The Hall–Kier alpha value is -1.95. The van der Waals surface area contributed by atoms with Gasteiger partial charge in [-0.3, -0.25) is 4.79 Å². The molecule has 0 saturated carbocycles. The summed E-state index contributed by atoms with van der Waals surface area (Å²) in [7, 11) is 0. The smallest absolute Gasteiger partial charge is 0.387 e. The number of carbonyl (C=O) groups excluding carboxylic acids is 1. The first-order valence-corrected chi connectivity index (χ1v) is 7.80. The van der Waals surface area contributed by atoms with Gasteiger partial charge in [0.2, 0.25) is 5.91 Å². The number of ether oxygens (including phenoxy) is 1. The fourth-order valence-electron chi connectivity index (χ4n) is 2.04. The summed E-state index contributed by atoms with van der Waals surface area (Å²) >= 11 is 1.62. The Labute approximate surface area is 132 Å². The molecule has 1 heterocycles. The Balaban J connectivity index is 1.94. The molecular weight excluding hydrogens is 308 g/mol. The average molecular weight is 325 g/mol. The van der Waals surface area contributed by atoms with Crippen LogP contribution in [0.5, 0.6) is 5.75 Å². The minimum absolute atomic E-state index is 0.0124. The summed E-state index contributed by atoms with van der Waals surface area (Å²) in [5, 5.41) is 1.98. The van der Waals surface area contributed by atoms with Crippen molar-refractivity contribution in [2.24, 2.45) is 0 Å². The minimum Gasteiger partial charge on any atom is -0.435 e. The summed E-state index contributed by atoms with van der Waals surface area (Å²) < 4.78 is 28.4. The number of likely N-dealkylation sites (N-methyl/N-ethyl adjacent to an activating group) is 1. The van der Waals surface area contributed by atoms with Gasteiger partial charge in [0.15, 0.2) is 0 Å². The highest BCUT2D eigenvalue weighted by Gasteiger charge is 2.13. The monoisotopic (exact) mass is 325 g/mol. The lowest BCUT2D eigenvalue weighted by Gasteiger charge is -2.20. The summed E-state index contributed by atoms with van der Waals surface area (Å²) in [6.45, 7) is 0.322. The Kier molecular flexibility index (Phi) is 5.89. The maximum Gasteiger partial charge on any atom is 0.387 e. The SMILES string of the molecule is CCN(Cc1cccs1)C(=O)Cc1ccc(OC(F)F)cc1. The number of alkyl halides is 2. The van der Waals surface area contributed by atoms with Crippen LogP contribution in [0.3, 0.4) is 0 Å². The third-order valence-corrected chi connectivity index (χ3v) is 4.03. The van der Waals surface area contributed by atoms with Crippen molar-refractivity contribution in [3.8, 4) is 5.75 Å². The van der Waals surface area contributed by atoms with Crippen LogP contribution < -0.4 is 4.74 Å². The van der Waals surface area contributed by atoms with Crippen molar-refractivity contribution in [3.05, 3.63) is 52.2 Å². The molecule has 0 N–H and O–H groups in total. The quantitative estimate of drug-likeness (QED) is 0.772. The van der Waals surface area contributed by atoms with Gasteiger partial charge in [-0.25, -0.2) is 0 Å². The molecule has 0 fully saturated rings. The molecular formula is C16H17F2NO2S. The van der Waals surface area contributed by atoms with Crippen LogP contribution in [-0.2, 0) is 17.8 Å². The molecule has 2 rings (SSSR count). The van der Waals surface area contributed by atoms with E-state index < -0.39 is 6.61 Å². The normalized spacial score (nSPS) is 10.7. The molecule has 1 aromatic carbocycles. The first kappa shape index (κ1) is 16.4. The van der Waals surface area contributed by atoms with E-state index in [9.17, 15) is 13.6 Å². The van der Waals surface area contributed by atoms with Gasteiger partial charge in [-0.05, 0) is 36.1 Å². The zero-order valence-corrected chi connectivity index (χ0v) is 13.0. The number of nitrogens with zero attached hydrogens (tertiary/aromatic N) is 1. The first-order chi connectivity index (χ1) is 10.6. The number of hydrogen-bond acceptors (Lipinski definition) is 3. The van der Waals surface area contributed by atoms with E-state index in [-0.39, 0.29) is 18.1 Å². The minimum atomic E-state index is -2.84. The van der Waals surface area contributed by atoms with Crippen LogP contribution in [0.4, 0.5) is 8.78 Å². The molecule has 118 valence electrons. The Morgan fingerprint density at radius 2 is 2.00 bits per heavy atom. The lowest BCUT2D eigenvalue weighted by atomic mass is 10.1. The molecule has 1 amide bonds. The molecule has 1 aromatic heterocycles. The third-order valence-electron chi connectivity index (χ3n) is 3.17. The topological polar surface area (TPSA) is 29.5 Å². The van der Waals surface area contributed by atoms with E-state index in [4.69, 9.17) is 0 Å². The van der Waals surface area contributed by atoms with E-state index in [1.165, 1.54) is 12.1 Å². The fourth-order valence-corrected chi connectivity index (χ4v) is 2.76. The molecule has 0 aliphatic carbocycles. The molecule has 3 nitrogen and oxygen atoms in total. The van der Waals surface area contributed by atoms with Gasteiger partial charge in [-0.2, -0.15) is 8.78 Å². The lowest BCUT2D eigenvalue weighted by molar-refractivity contribution is -0.130. The second kappa shape index (κ2) is 7.89. The van der Waals surface area contributed by atoms with Gasteiger partial charge in [0.05, 0.1) is 13.0 Å². The maximum absolute atomic E-state index is 12.3. The summed E-state index contributed by atoms with van der Waals surface area (Å²) in [6.07, 6.45) is 0.244. The van der Waals surface area contributed by atoms with Crippen molar-refractivity contribution in [1.29, 1.82) is 0 Å². The molecule has 0 saturated heterocycles. The largest absolute Gasteiger partial charge is 0.435 e. The highest BCUT2D eigenvalue weighted by atomic mass is 32.1. The number of amides is 1. The summed E-state index contributed by atoms with van der Waals surface area (Å²) in [6, 6.07) is 10.1. The molecule has 2 aromatic rings. The Morgan fingerprint density at radius 1 is 1.27 bits per heavy atom. The second-order valence-electron chi connectivity index (χ2n) is 4.69. The number of hydrogen-bond donors (Lipinski definition) is 0. The number of rotatable bonds is 7. The summed E-state index contributed by atoms with van der Waals surface area (Å²) in [5.41, 5.74) is 0.774. The van der Waals surface area contributed by atoms with Crippen molar-refractivity contribution >= 4 is 17.2 Å². The second-order valence-corrected chi connectivity index (χ2v) is 5.72. The van der Waals surface area contributed by atoms with Crippen LogP contribution in [0.1, 0.15) is 17.4 Å². The fraction of sp³-hybridized carbons (Fsp3) is 0.312. The molecule has 0 radical (unpaired) electrons. The number of benzene rings is 1. The average Bonchev–Trinajstić information content (AvgIpc) is 2.99. The van der Waals surface area contributed by atoms with Gasteiger partial charge in [0.1, 0.15) is 5.75 Å². The van der Waals surface area contributed by atoms with Crippen molar-refractivity contribution < 1.29 is 18.3 Å². The van der Waals surface area contributed by atoms with Crippen molar-refractivity contribution in [2.75, 3.05) is 6.54 Å². The predicted octanol–water partition coefficient (Wildman–Crippen LogP) is 3.94. The van der Waals surface area contributed by atoms with Gasteiger partial charge in [-0.15, -0.1) is 11.3 Å². The Bertz CT molecular complexity index is 585. The summed E-state index contributed by atoms with van der Waals surface area (Å²) in [4.78, 5) is 15.2. The van der Waals surface area contributed by atoms with E-state index in [0.717, 1.165) is 10.4 Å². The number of thiophene rings is 1. The molecule has 0 aliphatic rings. The first-order valence-electron chi connectivity index (χ1n) is 6.92. The highest BCUT2D eigenvalue weighted by Crippen LogP contribution is 2.17. The van der Waals surface area contributed by atoms with Crippen LogP contribution in [0.2, 0.25) is 0 Å². The molecule has 22 heavy (non-hydrogen) atoms. The molecule has 0 unspecified atom stereocenters. The lowest BCUT2D eigenvalue weighted by Crippen LogP contribution is -2.31. The van der Waals surface area contributed by atoms with Crippen LogP contribution in [-0.4, -0.2) is 24.0 Å². The molecule has 0 spiro atoms. The zero-order valence-electron chi connectivity index (χ0n) is 12.2. The number of halogens is 2. The Morgan fingerprint density at radius 3 is 2.55 bits per heavy atom. The van der Waals surface area contributed by atoms with Crippen LogP contribution in [0, 0.1) is 0 Å². The van der Waals surface area contributed by atoms with Gasteiger partial charge in [-0.1, -0.05) is 18.2 Å². The van der Waals surface area contributed by atoms with Gasteiger partial charge >= 0.3 is 6.61 Å². The zero-order chi connectivity index (χ0) is 15.9. The van der Waals surface area contributed by atoms with E-state index in [2.05, 4.69) is 4.74 Å². The van der Waals surface area contributed by atoms with E-state index in [1.54, 1.807) is 28.4 Å². The van der Waals surface area contributed by atoms with Crippen LogP contribution in [0.15, 0.2) is 41.8 Å². The summed E-state index contributed by atoms with van der Waals surface area (Å²) in [5.74, 6) is 0.107. The van der Waals surface area contributed by atoms with Crippen LogP contribution >= 0.6 is 11.3 Å². The van der Waals surface area contributed by atoms with Crippen LogP contribution in [0.25, 0.3) is 0 Å². The number of carbonyl (C=O) groups is 1. The van der Waals surface area contributed by atoms with Crippen molar-refractivity contribution in [3.63, 3.8) is 0 Å². The highest BCUT2D eigenvalue weighted by molar-refractivity contribution is 7.09. The van der Waals surface area contributed by atoms with E-state index in [1.807, 2.05) is 24.4 Å². The molecule has 6 heteroatoms. The third kappa shape index (κ3) is 4.80. The maximum atomic E-state index is 12.3. The van der Waals surface area contributed by atoms with Crippen molar-refractivity contribution in [1.82, 2.24) is 4.90 Å². The van der Waals surface area contributed by atoms with Crippen molar-refractivity contribution in [2.45, 2.75) is 26.5 Å². The molecule has 0 atom stereocenters. The molecule has 0 bridgehead atoms. The van der Waals surface area contributed by atoms with E-state index >= 15 is 0 Å². The van der Waals surface area contributed by atoms with E-state index in [0.29, 0.717) is 13.1 Å². The van der Waals surface area contributed by atoms with Gasteiger partial charge < -0.3 is 9.64 Å². The molecule has 0 aliphatic heterocycles. The van der Waals surface area contributed by atoms with Gasteiger partial charge in [0, 0.05) is 11.4 Å². The predicted molar refractivity (Wildman–Crippen MR) is 82.2 cm³/mol.